The van der Waals surface area contributed by atoms with Crippen molar-refractivity contribution in [2.24, 2.45) is 0 Å². The van der Waals surface area contributed by atoms with Gasteiger partial charge in [0.15, 0.2) is 6.29 Å². The SMILES string of the molecule is CSc1ccc2[nH]cc(C=O)c2c1. The van der Waals surface area contributed by atoms with Crippen LogP contribution >= 0.6 is 11.8 Å². The molecule has 0 saturated carbocycles. The predicted octanol–water partition coefficient (Wildman–Crippen LogP) is 2.70. The lowest BCUT2D eigenvalue weighted by Gasteiger charge is -1.95. The van der Waals surface area contributed by atoms with Gasteiger partial charge in [0, 0.05) is 27.6 Å². The number of nitrogens with one attached hydrogen (secondary N) is 1. The third-order valence-electron chi connectivity index (χ3n) is 2.05. The number of thioether (sulfide) groups is 1. The highest BCUT2D eigenvalue weighted by Crippen LogP contribution is 2.23. The van der Waals surface area contributed by atoms with Crippen LogP contribution in [0.25, 0.3) is 10.9 Å². The number of H-pyrrole nitrogens is 1. The standard InChI is InChI=1S/C10H9NOS/c1-13-8-2-3-10-9(4-8)7(6-12)5-11-10/h2-6,11H,1H3. The van der Waals surface area contributed by atoms with Crippen molar-refractivity contribution < 1.29 is 4.79 Å². The molecule has 0 unspecified atom stereocenters. The molecule has 1 heterocycles. The summed E-state index contributed by atoms with van der Waals surface area (Å²) < 4.78 is 0. The summed E-state index contributed by atoms with van der Waals surface area (Å²) in [6, 6.07) is 6.06. The van der Waals surface area contributed by atoms with Gasteiger partial charge in [0.1, 0.15) is 0 Å². The summed E-state index contributed by atoms with van der Waals surface area (Å²) in [6.45, 7) is 0. The van der Waals surface area contributed by atoms with Crippen molar-refractivity contribution >= 4 is 29.0 Å². The van der Waals surface area contributed by atoms with Crippen LogP contribution in [0.3, 0.4) is 0 Å². The molecule has 0 aliphatic carbocycles. The van der Waals surface area contributed by atoms with Gasteiger partial charge < -0.3 is 4.98 Å². The maximum absolute atomic E-state index is 10.7. The number of aromatic amines is 1. The molecule has 2 nitrogen and oxygen atoms in total. The van der Waals surface area contributed by atoms with Gasteiger partial charge >= 0.3 is 0 Å². The molecule has 2 aromatic rings. The Bertz CT molecular complexity index is 447. The number of aromatic nitrogens is 1. The van der Waals surface area contributed by atoms with Crippen LogP contribution in [0.15, 0.2) is 29.3 Å². The molecule has 0 saturated heterocycles. The van der Waals surface area contributed by atoms with Crippen molar-refractivity contribution in [2.45, 2.75) is 4.90 Å². The van der Waals surface area contributed by atoms with Crippen LogP contribution in [0.1, 0.15) is 10.4 Å². The minimum atomic E-state index is 0.728. The molecule has 0 fully saturated rings. The van der Waals surface area contributed by atoms with Crippen molar-refractivity contribution in [1.29, 1.82) is 0 Å². The molecular weight excluding hydrogens is 182 g/mol. The number of aldehydes is 1. The van der Waals surface area contributed by atoms with E-state index < -0.39 is 0 Å². The van der Waals surface area contributed by atoms with Crippen molar-refractivity contribution in [1.82, 2.24) is 4.98 Å². The lowest BCUT2D eigenvalue weighted by Crippen LogP contribution is -1.75. The van der Waals surface area contributed by atoms with Gasteiger partial charge in [0.05, 0.1) is 0 Å². The largest absolute Gasteiger partial charge is 0.360 e. The van der Waals surface area contributed by atoms with Crippen molar-refractivity contribution in [3.8, 4) is 0 Å². The molecule has 1 aromatic carbocycles. The minimum Gasteiger partial charge on any atom is -0.360 e. The Morgan fingerprint density at radius 3 is 3.00 bits per heavy atom. The summed E-state index contributed by atoms with van der Waals surface area (Å²) in [5.74, 6) is 0. The van der Waals surface area contributed by atoms with E-state index >= 15 is 0 Å². The van der Waals surface area contributed by atoms with Gasteiger partial charge in [-0.3, -0.25) is 4.79 Å². The van der Waals surface area contributed by atoms with Gasteiger partial charge in [-0.15, -0.1) is 11.8 Å². The molecule has 0 bridgehead atoms. The first kappa shape index (κ1) is 8.38. The van der Waals surface area contributed by atoms with Gasteiger partial charge in [-0.1, -0.05) is 0 Å². The summed E-state index contributed by atoms with van der Waals surface area (Å²) in [6.07, 6.45) is 4.64. The van der Waals surface area contributed by atoms with Gasteiger partial charge in [-0.2, -0.15) is 0 Å². The average Bonchev–Trinajstić information content (AvgIpc) is 2.59. The average molecular weight is 191 g/mol. The lowest BCUT2D eigenvalue weighted by molar-refractivity contribution is 0.112. The first-order valence-electron chi connectivity index (χ1n) is 3.95. The summed E-state index contributed by atoms with van der Waals surface area (Å²) >= 11 is 1.68. The molecule has 0 aliphatic rings. The van der Waals surface area contributed by atoms with E-state index in [1.165, 1.54) is 4.90 Å². The topological polar surface area (TPSA) is 32.9 Å². The summed E-state index contributed by atoms with van der Waals surface area (Å²) in [5.41, 5.74) is 1.74. The Kier molecular flexibility index (Phi) is 2.10. The number of rotatable bonds is 2. The second-order valence-electron chi connectivity index (χ2n) is 2.77. The Balaban J connectivity index is 2.71. The van der Waals surface area contributed by atoms with E-state index in [4.69, 9.17) is 0 Å². The first-order valence-corrected chi connectivity index (χ1v) is 5.18. The fraction of sp³-hybridized carbons (Fsp3) is 0.100. The molecule has 1 N–H and O–H groups in total. The normalized spacial score (nSPS) is 10.5. The molecular formula is C10H9NOS. The highest BCUT2D eigenvalue weighted by molar-refractivity contribution is 7.98. The van der Waals surface area contributed by atoms with Gasteiger partial charge in [0.25, 0.3) is 0 Å². The predicted molar refractivity (Wildman–Crippen MR) is 55.5 cm³/mol. The fourth-order valence-electron chi connectivity index (χ4n) is 1.35. The fourth-order valence-corrected chi connectivity index (χ4v) is 1.79. The summed E-state index contributed by atoms with van der Waals surface area (Å²) in [4.78, 5) is 14.9. The lowest BCUT2D eigenvalue weighted by atomic mass is 10.2. The van der Waals surface area contributed by atoms with Crippen molar-refractivity contribution in [3.05, 3.63) is 30.0 Å². The second-order valence-corrected chi connectivity index (χ2v) is 3.65. The zero-order valence-electron chi connectivity index (χ0n) is 7.20. The Morgan fingerprint density at radius 2 is 2.31 bits per heavy atom. The molecule has 0 aliphatic heterocycles. The number of hydrogen-bond donors (Lipinski definition) is 1. The number of hydrogen-bond acceptors (Lipinski definition) is 2. The van der Waals surface area contributed by atoms with Gasteiger partial charge in [-0.25, -0.2) is 0 Å². The molecule has 0 radical (unpaired) electrons. The smallest absolute Gasteiger partial charge is 0.152 e. The van der Waals surface area contributed by atoms with Crippen LogP contribution < -0.4 is 0 Å². The number of carbonyl (C=O) groups is 1. The van der Waals surface area contributed by atoms with Crippen LogP contribution in [-0.4, -0.2) is 17.5 Å². The van der Waals surface area contributed by atoms with Crippen LogP contribution in [0, 0.1) is 0 Å². The Morgan fingerprint density at radius 1 is 1.46 bits per heavy atom. The second kappa shape index (κ2) is 3.26. The van der Waals surface area contributed by atoms with Crippen molar-refractivity contribution in [2.75, 3.05) is 6.26 Å². The first-order chi connectivity index (χ1) is 6.35. The molecule has 0 amide bonds. The van der Waals surface area contributed by atoms with Gasteiger partial charge in [0.2, 0.25) is 0 Å². The van der Waals surface area contributed by atoms with E-state index in [0.717, 1.165) is 22.8 Å². The molecule has 1 aromatic heterocycles. The monoisotopic (exact) mass is 191 g/mol. The highest BCUT2D eigenvalue weighted by atomic mass is 32.2. The van der Waals surface area contributed by atoms with Gasteiger partial charge in [-0.05, 0) is 24.5 Å². The van der Waals surface area contributed by atoms with E-state index in [-0.39, 0.29) is 0 Å². The van der Waals surface area contributed by atoms with E-state index in [1.807, 2.05) is 24.5 Å². The number of fused-ring (bicyclic) bond motifs is 1. The molecule has 0 spiro atoms. The third-order valence-corrected chi connectivity index (χ3v) is 2.77. The summed E-state index contributed by atoms with van der Waals surface area (Å²) in [7, 11) is 0. The third kappa shape index (κ3) is 1.35. The number of benzene rings is 1. The molecule has 66 valence electrons. The van der Waals surface area contributed by atoms with E-state index in [9.17, 15) is 4.79 Å². The molecule has 3 heteroatoms. The van der Waals surface area contributed by atoms with E-state index in [1.54, 1.807) is 18.0 Å². The zero-order chi connectivity index (χ0) is 9.26. The van der Waals surface area contributed by atoms with Crippen LogP contribution in [0.4, 0.5) is 0 Å². The highest BCUT2D eigenvalue weighted by Gasteiger charge is 2.02. The van der Waals surface area contributed by atoms with Crippen LogP contribution in [0.5, 0.6) is 0 Å². The molecule has 0 atom stereocenters. The molecule has 13 heavy (non-hydrogen) atoms. The minimum absolute atomic E-state index is 0.728. The zero-order valence-corrected chi connectivity index (χ0v) is 8.02. The van der Waals surface area contributed by atoms with E-state index in [2.05, 4.69) is 4.98 Å². The Hall–Kier alpha value is -1.22. The molecule has 2 rings (SSSR count). The maximum Gasteiger partial charge on any atom is 0.152 e. The quantitative estimate of drug-likeness (QED) is 0.584. The van der Waals surface area contributed by atoms with Crippen LogP contribution in [0.2, 0.25) is 0 Å². The summed E-state index contributed by atoms with van der Waals surface area (Å²) in [5, 5.41) is 1.00. The van der Waals surface area contributed by atoms with Crippen LogP contribution in [-0.2, 0) is 0 Å². The maximum atomic E-state index is 10.7. The van der Waals surface area contributed by atoms with Crippen molar-refractivity contribution in [3.63, 3.8) is 0 Å². The number of carbonyl (C=O) groups excluding carboxylic acids is 1. The Labute approximate surface area is 80.3 Å². The van der Waals surface area contributed by atoms with E-state index in [0.29, 0.717) is 0 Å².